The Kier molecular flexibility index (Phi) is 3.27. The van der Waals surface area contributed by atoms with Gasteiger partial charge in [-0.25, -0.2) is 14.8 Å². The molecule has 2 atom stereocenters. The van der Waals surface area contributed by atoms with Crippen LogP contribution in [0.1, 0.15) is 33.7 Å². The van der Waals surface area contributed by atoms with E-state index in [-0.39, 0.29) is 5.69 Å². The van der Waals surface area contributed by atoms with Crippen LogP contribution >= 0.6 is 0 Å². The van der Waals surface area contributed by atoms with Gasteiger partial charge in [0.2, 0.25) is 0 Å². The molecule has 1 aliphatic carbocycles. The Bertz CT molecular complexity index is 856. The lowest BCUT2D eigenvalue weighted by atomic mass is 10.1. The summed E-state index contributed by atoms with van der Waals surface area (Å²) in [6, 6.07) is 4.12. The highest BCUT2D eigenvalue weighted by molar-refractivity contribution is 5.84. The van der Waals surface area contributed by atoms with E-state index in [4.69, 9.17) is 5.11 Å². The van der Waals surface area contributed by atoms with Crippen molar-refractivity contribution in [2.45, 2.75) is 19.9 Å². The SMILES string of the molecule is Cc1nc(N2CC3CC3C2)c(C#N)cc1Cn1cnc(C(=O)O)c1. The number of hydrogen-bond donors (Lipinski definition) is 1. The van der Waals surface area contributed by atoms with Gasteiger partial charge in [0.1, 0.15) is 11.9 Å². The van der Waals surface area contributed by atoms with Crippen LogP contribution in [0.3, 0.4) is 0 Å². The molecule has 7 nitrogen and oxygen atoms in total. The highest BCUT2D eigenvalue weighted by atomic mass is 16.4. The fourth-order valence-corrected chi connectivity index (χ4v) is 3.44. The van der Waals surface area contributed by atoms with Crippen molar-refractivity contribution < 1.29 is 9.90 Å². The van der Waals surface area contributed by atoms with Crippen LogP contribution in [0, 0.1) is 30.1 Å². The van der Waals surface area contributed by atoms with Crippen molar-refractivity contribution >= 4 is 11.8 Å². The third-order valence-electron chi connectivity index (χ3n) is 4.90. The molecule has 7 heteroatoms. The second-order valence-electron chi connectivity index (χ2n) is 6.61. The first-order valence-corrected chi connectivity index (χ1v) is 7.95. The summed E-state index contributed by atoms with van der Waals surface area (Å²) < 4.78 is 1.69. The van der Waals surface area contributed by atoms with E-state index >= 15 is 0 Å². The maximum absolute atomic E-state index is 10.9. The fourth-order valence-electron chi connectivity index (χ4n) is 3.44. The molecule has 0 amide bonds. The summed E-state index contributed by atoms with van der Waals surface area (Å²) in [5, 5.41) is 18.4. The smallest absolute Gasteiger partial charge is 0.356 e. The van der Waals surface area contributed by atoms with Gasteiger partial charge in [-0.3, -0.25) is 0 Å². The monoisotopic (exact) mass is 323 g/mol. The van der Waals surface area contributed by atoms with Crippen molar-refractivity contribution in [2.24, 2.45) is 11.8 Å². The van der Waals surface area contributed by atoms with Crippen molar-refractivity contribution in [2.75, 3.05) is 18.0 Å². The number of nitrogens with zero attached hydrogens (tertiary/aromatic N) is 5. The van der Waals surface area contributed by atoms with E-state index in [9.17, 15) is 10.1 Å². The number of fused-ring (bicyclic) bond motifs is 1. The maximum atomic E-state index is 10.9. The quantitative estimate of drug-likeness (QED) is 0.919. The number of pyridine rings is 1. The molecule has 3 heterocycles. The van der Waals surface area contributed by atoms with Crippen molar-refractivity contribution in [3.8, 4) is 6.07 Å². The van der Waals surface area contributed by atoms with Crippen LogP contribution in [0.2, 0.25) is 0 Å². The van der Waals surface area contributed by atoms with E-state index < -0.39 is 5.97 Å². The van der Waals surface area contributed by atoms with Gasteiger partial charge in [0.05, 0.1) is 18.4 Å². The van der Waals surface area contributed by atoms with Crippen LogP contribution in [0.25, 0.3) is 0 Å². The molecule has 0 aromatic carbocycles. The van der Waals surface area contributed by atoms with Crippen molar-refractivity contribution in [1.29, 1.82) is 5.26 Å². The number of rotatable bonds is 4. The predicted molar refractivity (Wildman–Crippen MR) is 85.8 cm³/mol. The number of aromatic nitrogens is 3. The summed E-state index contributed by atoms with van der Waals surface area (Å²) in [7, 11) is 0. The van der Waals surface area contributed by atoms with Gasteiger partial charge >= 0.3 is 5.97 Å². The van der Waals surface area contributed by atoms with E-state index in [2.05, 4.69) is 20.9 Å². The van der Waals surface area contributed by atoms with Crippen molar-refractivity contribution in [3.63, 3.8) is 0 Å². The average molecular weight is 323 g/mol. The topological polar surface area (TPSA) is 95.0 Å². The summed E-state index contributed by atoms with van der Waals surface area (Å²) >= 11 is 0. The van der Waals surface area contributed by atoms with Crippen LogP contribution in [0.15, 0.2) is 18.6 Å². The molecule has 122 valence electrons. The Hall–Kier alpha value is -2.88. The van der Waals surface area contributed by atoms with Crippen LogP contribution in [0.5, 0.6) is 0 Å². The summed E-state index contributed by atoms with van der Waals surface area (Å²) in [5.74, 6) is 1.28. The molecule has 2 fully saturated rings. The number of anilines is 1. The van der Waals surface area contributed by atoms with Gasteiger partial charge in [-0.1, -0.05) is 0 Å². The number of nitriles is 1. The number of hydrogen-bond acceptors (Lipinski definition) is 5. The van der Waals surface area contributed by atoms with E-state index in [1.54, 1.807) is 4.57 Å². The molecule has 1 aliphatic heterocycles. The zero-order valence-electron chi connectivity index (χ0n) is 13.3. The Balaban J connectivity index is 1.61. The van der Waals surface area contributed by atoms with Gasteiger partial charge in [-0.2, -0.15) is 5.26 Å². The maximum Gasteiger partial charge on any atom is 0.356 e. The highest BCUT2D eigenvalue weighted by Gasteiger charge is 2.45. The normalized spacial score (nSPS) is 21.4. The standard InChI is InChI=1S/C17H17N5O2/c1-10-12(5-21-8-15(17(23)24)19-9-21)2-11(4-18)16(20-10)22-6-13-3-14(13)7-22/h2,8-9,13-14H,3,5-7H2,1H3,(H,23,24). The first-order valence-electron chi connectivity index (χ1n) is 7.95. The van der Waals surface area contributed by atoms with Gasteiger partial charge in [0.15, 0.2) is 5.69 Å². The van der Waals surface area contributed by atoms with Gasteiger partial charge in [0, 0.05) is 25.0 Å². The lowest BCUT2D eigenvalue weighted by Crippen LogP contribution is -2.24. The molecule has 0 spiro atoms. The minimum Gasteiger partial charge on any atom is -0.476 e. The molecule has 1 saturated heterocycles. The number of piperidine rings is 1. The minimum atomic E-state index is -1.05. The van der Waals surface area contributed by atoms with Crippen molar-refractivity contribution in [3.05, 3.63) is 41.1 Å². The lowest BCUT2D eigenvalue weighted by Gasteiger charge is -2.21. The van der Waals surface area contributed by atoms with Gasteiger partial charge < -0.3 is 14.6 Å². The first-order chi connectivity index (χ1) is 11.5. The molecular weight excluding hydrogens is 306 g/mol. The summed E-state index contributed by atoms with van der Waals surface area (Å²) in [6.07, 6.45) is 4.27. The summed E-state index contributed by atoms with van der Waals surface area (Å²) in [6.45, 7) is 4.36. The zero-order chi connectivity index (χ0) is 16.8. The molecule has 1 N–H and O–H groups in total. The van der Waals surface area contributed by atoms with Gasteiger partial charge in [0.25, 0.3) is 0 Å². The summed E-state index contributed by atoms with van der Waals surface area (Å²) in [5.41, 5.74) is 2.34. The number of carboxylic acid groups (broad SMARTS) is 1. The Morgan fingerprint density at radius 2 is 2.21 bits per heavy atom. The zero-order valence-corrected chi connectivity index (χ0v) is 13.3. The van der Waals surface area contributed by atoms with E-state index in [1.165, 1.54) is 18.9 Å². The van der Waals surface area contributed by atoms with Crippen LogP contribution in [-0.2, 0) is 6.54 Å². The van der Waals surface area contributed by atoms with Crippen molar-refractivity contribution in [1.82, 2.24) is 14.5 Å². The third kappa shape index (κ3) is 2.50. The number of carbonyl (C=O) groups is 1. The molecule has 24 heavy (non-hydrogen) atoms. The van der Waals surface area contributed by atoms with E-state index in [1.807, 2.05) is 13.0 Å². The van der Waals surface area contributed by atoms with Crippen LogP contribution in [-0.4, -0.2) is 38.7 Å². The molecule has 0 radical (unpaired) electrons. The predicted octanol–water partition coefficient (Wildman–Crippen LogP) is 1.66. The highest BCUT2D eigenvalue weighted by Crippen LogP contribution is 2.46. The fraction of sp³-hybridized carbons (Fsp3) is 0.412. The number of imidazole rings is 1. The summed E-state index contributed by atoms with van der Waals surface area (Å²) in [4.78, 5) is 21.7. The van der Waals surface area contributed by atoms with E-state index in [0.29, 0.717) is 12.1 Å². The molecule has 2 aliphatic rings. The Morgan fingerprint density at radius 3 is 2.83 bits per heavy atom. The van der Waals surface area contributed by atoms with Gasteiger partial charge in [-0.15, -0.1) is 0 Å². The molecule has 0 bridgehead atoms. The molecule has 2 aromatic heterocycles. The molecule has 2 unspecified atom stereocenters. The first kappa shape index (κ1) is 14.7. The Morgan fingerprint density at radius 1 is 1.46 bits per heavy atom. The molecular formula is C17H17N5O2. The van der Waals surface area contributed by atoms with Crippen LogP contribution < -0.4 is 4.90 Å². The molecule has 2 aromatic rings. The largest absolute Gasteiger partial charge is 0.476 e. The molecule has 1 saturated carbocycles. The average Bonchev–Trinajstić information content (AvgIpc) is 2.98. The van der Waals surface area contributed by atoms with E-state index in [0.717, 1.165) is 42.0 Å². The third-order valence-corrected chi connectivity index (χ3v) is 4.90. The second-order valence-corrected chi connectivity index (χ2v) is 6.61. The number of aryl methyl sites for hydroxylation is 1. The number of carboxylic acids is 1. The number of aromatic carboxylic acids is 1. The van der Waals surface area contributed by atoms with Crippen LogP contribution in [0.4, 0.5) is 5.82 Å². The second kappa shape index (κ2) is 5.34. The lowest BCUT2D eigenvalue weighted by molar-refractivity contribution is 0.0691. The molecule has 4 rings (SSSR count). The Labute approximate surface area is 139 Å². The minimum absolute atomic E-state index is 0.00836. The van der Waals surface area contributed by atoms with Gasteiger partial charge in [-0.05, 0) is 36.8 Å².